The first kappa shape index (κ1) is 14.9. The molecule has 2 fully saturated rings. The molecule has 2 saturated heterocycles. The standard InChI is InChI=1S/C12H24N2O.C2H6/c1-11(2)14-9-12(10-14)4-5-13(8-12)6-7-15-3;1-2/h11H,4-10H2,1-3H3;1-2H3. The topological polar surface area (TPSA) is 15.7 Å². The Balaban J connectivity index is 0.000000686. The predicted molar refractivity (Wildman–Crippen MR) is 73.4 cm³/mol. The maximum atomic E-state index is 5.13. The van der Waals surface area contributed by atoms with Crippen molar-refractivity contribution < 1.29 is 4.74 Å². The predicted octanol–water partition coefficient (Wildman–Crippen LogP) is 2.08. The van der Waals surface area contributed by atoms with Gasteiger partial charge in [0.2, 0.25) is 0 Å². The van der Waals surface area contributed by atoms with E-state index in [1.54, 1.807) is 7.11 Å². The molecule has 0 aromatic rings. The van der Waals surface area contributed by atoms with Gasteiger partial charge in [0.25, 0.3) is 0 Å². The Labute approximate surface area is 107 Å². The Morgan fingerprint density at radius 1 is 1.18 bits per heavy atom. The quantitative estimate of drug-likeness (QED) is 0.750. The van der Waals surface area contributed by atoms with Gasteiger partial charge in [-0.05, 0) is 26.8 Å². The molecule has 2 heterocycles. The number of ether oxygens (including phenoxy) is 1. The van der Waals surface area contributed by atoms with Gasteiger partial charge in [0.1, 0.15) is 0 Å². The number of rotatable bonds is 4. The Morgan fingerprint density at radius 3 is 2.35 bits per heavy atom. The maximum Gasteiger partial charge on any atom is 0.0589 e. The Kier molecular flexibility index (Phi) is 5.90. The summed E-state index contributed by atoms with van der Waals surface area (Å²) < 4.78 is 5.13. The molecule has 0 atom stereocenters. The third-order valence-electron chi connectivity index (χ3n) is 3.94. The number of likely N-dealkylation sites (tertiary alicyclic amines) is 2. The van der Waals surface area contributed by atoms with Gasteiger partial charge in [-0.25, -0.2) is 0 Å². The van der Waals surface area contributed by atoms with E-state index in [1.165, 1.54) is 32.6 Å². The van der Waals surface area contributed by atoms with Gasteiger partial charge in [-0.15, -0.1) is 0 Å². The lowest BCUT2D eigenvalue weighted by Gasteiger charge is -2.50. The minimum atomic E-state index is 0.637. The zero-order valence-electron chi connectivity index (χ0n) is 12.3. The summed E-state index contributed by atoms with van der Waals surface area (Å²) in [5, 5.41) is 0. The Morgan fingerprint density at radius 2 is 1.82 bits per heavy atom. The normalized spacial score (nSPS) is 23.6. The van der Waals surface area contributed by atoms with E-state index in [9.17, 15) is 0 Å². The zero-order chi connectivity index (χ0) is 12.9. The second-order valence-electron chi connectivity index (χ2n) is 5.52. The summed E-state index contributed by atoms with van der Waals surface area (Å²) in [5.41, 5.74) is 0.637. The van der Waals surface area contributed by atoms with Crippen molar-refractivity contribution in [3.05, 3.63) is 0 Å². The van der Waals surface area contributed by atoms with Crippen LogP contribution >= 0.6 is 0 Å². The van der Waals surface area contributed by atoms with Crippen LogP contribution < -0.4 is 0 Å². The van der Waals surface area contributed by atoms with Crippen LogP contribution in [-0.2, 0) is 4.74 Å². The van der Waals surface area contributed by atoms with Crippen LogP contribution in [0, 0.1) is 5.41 Å². The molecule has 2 rings (SSSR count). The molecule has 1 spiro atoms. The molecule has 3 heteroatoms. The van der Waals surface area contributed by atoms with E-state index in [2.05, 4.69) is 23.6 Å². The smallest absolute Gasteiger partial charge is 0.0589 e. The van der Waals surface area contributed by atoms with E-state index in [1.807, 2.05) is 13.8 Å². The van der Waals surface area contributed by atoms with Crippen molar-refractivity contribution in [3.63, 3.8) is 0 Å². The molecular formula is C14H30N2O. The van der Waals surface area contributed by atoms with Crippen LogP contribution in [0.1, 0.15) is 34.1 Å². The van der Waals surface area contributed by atoms with E-state index >= 15 is 0 Å². The number of hydrogen-bond acceptors (Lipinski definition) is 3. The monoisotopic (exact) mass is 242 g/mol. The molecule has 0 bridgehead atoms. The third-order valence-corrected chi connectivity index (χ3v) is 3.94. The highest BCUT2D eigenvalue weighted by Crippen LogP contribution is 2.40. The number of nitrogens with zero attached hydrogens (tertiary/aromatic N) is 2. The molecule has 2 aliphatic heterocycles. The van der Waals surface area contributed by atoms with E-state index < -0.39 is 0 Å². The lowest BCUT2D eigenvalue weighted by atomic mass is 9.78. The van der Waals surface area contributed by atoms with E-state index in [4.69, 9.17) is 4.74 Å². The van der Waals surface area contributed by atoms with Crippen molar-refractivity contribution in [2.24, 2.45) is 5.41 Å². The molecule has 0 aromatic heterocycles. The average molecular weight is 242 g/mol. The van der Waals surface area contributed by atoms with Gasteiger partial charge < -0.3 is 9.64 Å². The van der Waals surface area contributed by atoms with Gasteiger partial charge in [-0.2, -0.15) is 0 Å². The summed E-state index contributed by atoms with van der Waals surface area (Å²) in [6.07, 6.45) is 1.39. The second-order valence-corrected chi connectivity index (χ2v) is 5.52. The fraction of sp³-hybridized carbons (Fsp3) is 1.00. The van der Waals surface area contributed by atoms with Crippen molar-refractivity contribution in [1.82, 2.24) is 9.80 Å². The summed E-state index contributed by atoms with van der Waals surface area (Å²) in [4.78, 5) is 5.14. The molecular weight excluding hydrogens is 212 g/mol. The largest absolute Gasteiger partial charge is 0.383 e. The van der Waals surface area contributed by atoms with Gasteiger partial charge in [0.15, 0.2) is 0 Å². The number of methoxy groups -OCH3 is 1. The SMILES string of the molecule is CC.COCCN1CCC2(C1)CN(C(C)C)C2. The highest BCUT2D eigenvalue weighted by Gasteiger charge is 2.47. The molecule has 0 saturated carbocycles. The molecule has 102 valence electrons. The fourth-order valence-electron chi connectivity index (χ4n) is 2.88. The van der Waals surface area contributed by atoms with Crippen LogP contribution in [0.4, 0.5) is 0 Å². The van der Waals surface area contributed by atoms with Crippen LogP contribution in [0.2, 0.25) is 0 Å². The summed E-state index contributed by atoms with van der Waals surface area (Å²) in [5.74, 6) is 0. The molecule has 0 aliphatic carbocycles. The summed E-state index contributed by atoms with van der Waals surface area (Å²) in [6.45, 7) is 15.8. The van der Waals surface area contributed by atoms with Gasteiger partial charge in [0.05, 0.1) is 6.61 Å². The summed E-state index contributed by atoms with van der Waals surface area (Å²) in [6, 6.07) is 0.726. The van der Waals surface area contributed by atoms with Crippen molar-refractivity contribution in [1.29, 1.82) is 0 Å². The highest BCUT2D eigenvalue weighted by atomic mass is 16.5. The molecule has 17 heavy (non-hydrogen) atoms. The first-order valence-electron chi connectivity index (χ1n) is 7.11. The molecule has 0 N–H and O–H groups in total. The van der Waals surface area contributed by atoms with Crippen LogP contribution in [-0.4, -0.2) is 62.3 Å². The van der Waals surface area contributed by atoms with Gasteiger partial charge in [0, 0.05) is 44.7 Å². The van der Waals surface area contributed by atoms with Crippen molar-refractivity contribution >= 4 is 0 Å². The van der Waals surface area contributed by atoms with Crippen molar-refractivity contribution in [2.45, 2.75) is 40.2 Å². The summed E-state index contributed by atoms with van der Waals surface area (Å²) >= 11 is 0. The molecule has 0 amide bonds. The van der Waals surface area contributed by atoms with Crippen LogP contribution in [0.5, 0.6) is 0 Å². The number of hydrogen-bond donors (Lipinski definition) is 0. The highest BCUT2D eigenvalue weighted by molar-refractivity contribution is 5.01. The average Bonchev–Trinajstić information content (AvgIpc) is 2.71. The Hall–Kier alpha value is -0.120. The van der Waals surface area contributed by atoms with Crippen LogP contribution in [0.25, 0.3) is 0 Å². The van der Waals surface area contributed by atoms with Gasteiger partial charge in [-0.3, -0.25) is 4.90 Å². The minimum Gasteiger partial charge on any atom is -0.383 e. The van der Waals surface area contributed by atoms with E-state index in [-0.39, 0.29) is 0 Å². The minimum absolute atomic E-state index is 0.637. The lowest BCUT2D eigenvalue weighted by Crippen LogP contribution is -2.59. The molecule has 0 aromatic carbocycles. The third kappa shape index (κ3) is 3.67. The first-order chi connectivity index (χ1) is 8.15. The zero-order valence-corrected chi connectivity index (χ0v) is 12.3. The summed E-state index contributed by atoms with van der Waals surface area (Å²) in [7, 11) is 1.79. The van der Waals surface area contributed by atoms with Crippen molar-refractivity contribution in [3.8, 4) is 0 Å². The second kappa shape index (κ2) is 6.72. The van der Waals surface area contributed by atoms with E-state index in [0.717, 1.165) is 19.2 Å². The molecule has 0 unspecified atom stereocenters. The van der Waals surface area contributed by atoms with Crippen LogP contribution in [0.15, 0.2) is 0 Å². The van der Waals surface area contributed by atoms with E-state index in [0.29, 0.717) is 5.41 Å². The van der Waals surface area contributed by atoms with Gasteiger partial charge in [-0.1, -0.05) is 13.8 Å². The molecule has 2 aliphatic rings. The lowest BCUT2D eigenvalue weighted by molar-refractivity contribution is -0.0151. The maximum absolute atomic E-state index is 5.13. The molecule has 0 radical (unpaired) electrons. The fourth-order valence-corrected chi connectivity index (χ4v) is 2.88. The van der Waals surface area contributed by atoms with Crippen LogP contribution in [0.3, 0.4) is 0 Å². The Bertz CT molecular complexity index is 212. The van der Waals surface area contributed by atoms with Crippen molar-refractivity contribution in [2.75, 3.05) is 46.4 Å². The molecule has 3 nitrogen and oxygen atoms in total. The first-order valence-corrected chi connectivity index (χ1v) is 7.11. The van der Waals surface area contributed by atoms with Gasteiger partial charge >= 0.3 is 0 Å².